The smallest absolute Gasteiger partial charge is 0.306 e. The number of amides is 1. The molecule has 0 bridgehead atoms. The van der Waals surface area contributed by atoms with Gasteiger partial charge in [0.1, 0.15) is 6.10 Å². The van der Waals surface area contributed by atoms with Crippen LogP contribution in [0, 0.1) is 0 Å². The Kier molecular flexibility index (Phi) is 50.1. The van der Waals surface area contributed by atoms with Gasteiger partial charge in [0.25, 0.3) is 0 Å². The molecule has 3 unspecified atom stereocenters. The number of esters is 1. The van der Waals surface area contributed by atoms with Crippen LogP contribution < -0.4 is 5.32 Å². The second kappa shape index (κ2) is 52.3. The van der Waals surface area contributed by atoms with Gasteiger partial charge in [-0.2, -0.15) is 0 Å². The lowest BCUT2D eigenvalue weighted by Crippen LogP contribution is -2.46. The fourth-order valence-electron chi connectivity index (χ4n) is 8.22. The molecule has 0 saturated carbocycles. The number of hydrogen-bond donors (Lipinski definition) is 3. The Morgan fingerprint density at radius 2 is 0.862 bits per heavy atom. The zero-order valence-corrected chi connectivity index (χ0v) is 42.9. The van der Waals surface area contributed by atoms with Crippen LogP contribution in [-0.2, 0) is 14.3 Å². The van der Waals surface area contributed by atoms with Crippen molar-refractivity contribution in [2.24, 2.45) is 0 Å². The monoisotopic (exact) mass is 908 g/mol. The van der Waals surface area contributed by atoms with Crippen LogP contribution in [0.1, 0.15) is 265 Å². The topological polar surface area (TPSA) is 95.9 Å². The molecule has 6 heteroatoms. The molecule has 0 heterocycles. The summed E-state index contributed by atoms with van der Waals surface area (Å²) in [7, 11) is 0. The van der Waals surface area contributed by atoms with Crippen LogP contribution in [0.2, 0.25) is 0 Å². The maximum Gasteiger partial charge on any atom is 0.306 e. The summed E-state index contributed by atoms with van der Waals surface area (Å²) in [4.78, 5) is 26.2. The highest BCUT2D eigenvalue weighted by atomic mass is 16.5. The first-order valence-electron chi connectivity index (χ1n) is 27.7. The van der Waals surface area contributed by atoms with E-state index in [-0.39, 0.29) is 24.9 Å². The number of carbonyl (C=O) groups excluding carboxylic acids is 2. The molecule has 1 amide bonds. The maximum absolute atomic E-state index is 13.2. The average Bonchev–Trinajstić information content (AvgIpc) is 3.30. The van der Waals surface area contributed by atoms with Crippen LogP contribution in [-0.4, -0.2) is 46.9 Å². The highest BCUT2D eigenvalue weighted by Gasteiger charge is 2.24. The number of ether oxygens (including phenoxy) is 1. The number of aliphatic hydroxyl groups excluding tert-OH is 2. The van der Waals surface area contributed by atoms with Gasteiger partial charge in [-0.15, -0.1) is 0 Å². The van der Waals surface area contributed by atoms with Crippen molar-refractivity contribution in [3.63, 3.8) is 0 Å². The Morgan fingerprint density at radius 3 is 1.32 bits per heavy atom. The van der Waals surface area contributed by atoms with Gasteiger partial charge in [0, 0.05) is 6.42 Å². The molecule has 0 rings (SSSR count). The van der Waals surface area contributed by atoms with E-state index in [1.165, 1.54) is 161 Å². The quantitative estimate of drug-likeness (QED) is 0.0245. The highest BCUT2D eigenvalue weighted by molar-refractivity contribution is 5.77. The fraction of sp³-hybridized carbons (Fsp3) is 0.763. The van der Waals surface area contributed by atoms with Crippen molar-refractivity contribution in [3.8, 4) is 0 Å². The van der Waals surface area contributed by atoms with E-state index in [9.17, 15) is 19.8 Å². The summed E-state index contributed by atoms with van der Waals surface area (Å²) >= 11 is 0. The molecule has 376 valence electrons. The van der Waals surface area contributed by atoms with E-state index in [1.807, 2.05) is 48.6 Å². The summed E-state index contributed by atoms with van der Waals surface area (Å²) in [6, 6.07) is -0.728. The van der Waals surface area contributed by atoms with Crippen molar-refractivity contribution in [2.75, 3.05) is 6.61 Å². The van der Waals surface area contributed by atoms with Crippen molar-refractivity contribution >= 4 is 11.9 Å². The molecule has 0 aromatic heterocycles. The summed E-state index contributed by atoms with van der Waals surface area (Å²) in [5, 5.41) is 23.8. The third-order valence-electron chi connectivity index (χ3n) is 12.4. The van der Waals surface area contributed by atoms with Crippen molar-refractivity contribution in [2.45, 2.75) is 283 Å². The fourth-order valence-corrected chi connectivity index (χ4v) is 8.22. The van der Waals surface area contributed by atoms with E-state index in [0.29, 0.717) is 19.3 Å². The van der Waals surface area contributed by atoms with Crippen molar-refractivity contribution in [1.82, 2.24) is 5.32 Å². The molecule has 3 N–H and O–H groups in total. The van der Waals surface area contributed by atoms with E-state index < -0.39 is 18.2 Å². The molecule has 3 atom stereocenters. The molecule has 0 fully saturated rings. The number of carbonyl (C=O) groups is 2. The lowest BCUT2D eigenvalue weighted by Gasteiger charge is -2.24. The van der Waals surface area contributed by atoms with Gasteiger partial charge < -0.3 is 20.3 Å². The second-order valence-corrected chi connectivity index (χ2v) is 18.7. The average molecular weight is 908 g/mol. The van der Waals surface area contributed by atoms with Gasteiger partial charge in [-0.1, -0.05) is 261 Å². The van der Waals surface area contributed by atoms with Gasteiger partial charge in [-0.25, -0.2) is 0 Å². The van der Waals surface area contributed by atoms with E-state index in [0.717, 1.165) is 57.8 Å². The zero-order chi connectivity index (χ0) is 47.4. The molecular formula is C59H105NO5. The van der Waals surface area contributed by atoms with Crippen LogP contribution >= 0.6 is 0 Å². The molecule has 0 saturated heterocycles. The van der Waals surface area contributed by atoms with E-state index >= 15 is 0 Å². The maximum atomic E-state index is 13.2. The van der Waals surface area contributed by atoms with Crippen LogP contribution in [0.3, 0.4) is 0 Å². The minimum Gasteiger partial charge on any atom is -0.462 e. The lowest BCUT2D eigenvalue weighted by atomic mass is 10.0. The largest absolute Gasteiger partial charge is 0.462 e. The number of allylic oxidation sites excluding steroid dienone is 12. The number of hydrogen-bond acceptors (Lipinski definition) is 5. The van der Waals surface area contributed by atoms with Crippen molar-refractivity contribution in [3.05, 3.63) is 72.9 Å². The normalized spacial score (nSPS) is 13.7. The third kappa shape index (κ3) is 47.6. The second-order valence-electron chi connectivity index (χ2n) is 18.7. The first kappa shape index (κ1) is 62.3. The molecule has 0 aromatic carbocycles. The number of rotatable bonds is 49. The predicted molar refractivity (Wildman–Crippen MR) is 282 cm³/mol. The van der Waals surface area contributed by atoms with Gasteiger partial charge >= 0.3 is 5.97 Å². The van der Waals surface area contributed by atoms with Crippen LogP contribution in [0.4, 0.5) is 0 Å². The standard InChI is InChI=1S/C59H105NO5/c1-4-7-10-13-16-19-22-25-27-29-31-34-37-40-43-46-49-52-59(64)65-55(50-47-44-41-38-35-32-24-21-18-15-12-9-6-3)53-58(63)60-56(54-61)57(62)51-48-45-42-39-36-33-30-28-26-23-20-17-14-11-8-5-2/h9,12,15,18,21,24-25,27,32,35,38,41,55-57,61-62H,4-8,10-11,13-14,16-17,19-20,22-23,26,28-31,33-34,36-37,39-40,42-54H2,1-3H3,(H,60,63)/b12-9+,18-15+,24-21-,27-25+,35-32-,41-38+. The minimum atomic E-state index is -0.810. The van der Waals surface area contributed by atoms with Gasteiger partial charge in [0.2, 0.25) is 5.91 Å². The SMILES string of the molecule is CC/C=C/C=C/C=C\C=C/C=C/CCCC(CC(=O)NC(CO)C(O)CCCCCCCCCCCCCCCCCC)OC(=O)CCCCCCCCC/C=C/CCCCCCCC. The van der Waals surface area contributed by atoms with Crippen molar-refractivity contribution < 1.29 is 24.5 Å². The van der Waals surface area contributed by atoms with Gasteiger partial charge in [-0.3, -0.25) is 9.59 Å². The molecule has 6 nitrogen and oxygen atoms in total. The Morgan fingerprint density at radius 1 is 0.462 bits per heavy atom. The van der Waals surface area contributed by atoms with Crippen LogP contribution in [0.25, 0.3) is 0 Å². The van der Waals surface area contributed by atoms with Gasteiger partial charge in [0.15, 0.2) is 0 Å². The number of aliphatic hydroxyl groups is 2. The summed E-state index contributed by atoms with van der Waals surface area (Å²) in [6.45, 7) is 6.33. The molecule has 0 aliphatic rings. The molecule has 65 heavy (non-hydrogen) atoms. The summed E-state index contributed by atoms with van der Waals surface area (Å²) in [6.07, 6.45) is 66.9. The Hall–Kier alpha value is -2.70. The predicted octanol–water partition coefficient (Wildman–Crippen LogP) is 17.0. The minimum absolute atomic E-state index is 0.0254. The highest BCUT2D eigenvalue weighted by Crippen LogP contribution is 2.17. The van der Waals surface area contributed by atoms with Crippen LogP contribution in [0.15, 0.2) is 72.9 Å². The first-order chi connectivity index (χ1) is 32.0. The molecule has 0 aromatic rings. The summed E-state index contributed by atoms with van der Waals surface area (Å²) < 4.78 is 5.91. The van der Waals surface area contributed by atoms with Crippen LogP contribution in [0.5, 0.6) is 0 Å². The Bertz CT molecular complexity index is 1200. The van der Waals surface area contributed by atoms with Gasteiger partial charge in [0.05, 0.1) is 25.2 Å². The molecule has 0 spiro atoms. The van der Waals surface area contributed by atoms with Crippen molar-refractivity contribution in [1.29, 1.82) is 0 Å². The molecule has 0 aliphatic heterocycles. The van der Waals surface area contributed by atoms with Gasteiger partial charge in [-0.05, 0) is 64.2 Å². The van der Waals surface area contributed by atoms with E-state index in [4.69, 9.17) is 4.74 Å². The zero-order valence-electron chi connectivity index (χ0n) is 42.9. The molecular weight excluding hydrogens is 803 g/mol. The first-order valence-corrected chi connectivity index (χ1v) is 27.7. The molecule has 0 aliphatic carbocycles. The summed E-state index contributed by atoms with van der Waals surface area (Å²) in [5.41, 5.74) is 0. The Balaban J connectivity index is 4.61. The Labute approximate surface area is 402 Å². The van der Waals surface area contributed by atoms with E-state index in [2.05, 4.69) is 50.4 Å². The number of nitrogens with one attached hydrogen (secondary N) is 1. The summed E-state index contributed by atoms with van der Waals surface area (Å²) in [5.74, 6) is -0.548. The third-order valence-corrected chi connectivity index (χ3v) is 12.4. The van der Waals surface area contributed by atoms with E-state index in [1.54, 1.807) is 0 Å². The number of unbranched alkanes of at least 4 members (excludes halogenated alkanes) is 29. The molecule has 0 radical (unpaired) electrons. The lowest BCUT2D eigenvalue weighted by molar-refractivity contribution is -0.151.